The van der Waals surface area contributed by atoms with E-state index in [1.807, 2.05) is 12.1 Å². The fourth-order valence-corrected chi connectivity index (χ4v) is 4.60. The van der Waals surface area contributed by atoms with Gasteiger partial charge in [0.25, 0.3) is 5.91 Å². The van der Waals surface area contributed by atoms with Crippen LogP contribution in [0.15, 0.2) is 36.5 Å². The van der Waals surface area contributed by atoms with Crippen LogP contribution >= 0.6 is 23.2 Å². The van der Waals surface area contributed by atoms with Crippen LogP contribution in [0.3, 0.4) is 0 Å². The second kappa shape index (κ2) is 8.86. The van der Waals surface area contributed by atoms with Crippen LogP contribution in [0.2, 0.25) is 10.0 Å². The molecule has 0 aliphatic heterocycles. The Bertz CT molecular complexity index is 1070. The molecule has 0 unspecified atom stereocenters. The molecule has 4 rings (SSSR count). The number of nitrogens with one attached hydrogen (secondary N) is 1. The number of amides is 1. The number of carbonyl (C=O) groups excluding carboxylic acids is 1. The molecular formula is C23H25Cl2N3O2. The minimum absolute atomic E-state index is 0.229. The fraction of sp³-hybridized carbons (Fsp3) is 0.391. The first-order valence-electron chi connectivity index (χ1n) is 10.3. The van der Waals surface area contributed by atoms with Gasteiger partial charge in [0, 0.05) is 17.6 Å². The Morgan fingerprint density at radius 3 is 2.70 bits per heavy atom. The molecule has 0 spiro atoms. The lowest BCUT2D eigenvalue weighted by atomic mass is 9.85. The summed E-state index contributed by atoms with van der Waals surface area (Å²) >= 11 is 12.2. The minimum atomic E-state index is -0.342. The van der Waals surface area contributed by atoms with Crippen LogP contribution < -0.4 is 10.1 Å². The highest BCUT2D eigenvalue weighted by Gasteiger charge is 2.23. The molecule has 3 aromatic rings. The van der Waals surface area contributed by atoms with Crippen molar-refractivity contribution >= 4 is 45.7 Å². The van der Waals surface area contributed by atoms with Crippen molar-refractivity contribution in [2.24, 2.45) is 5.92 Å². The van der Waals surface area contributed by atoms with Gasteiger partial charge in [-0.1, -0.05) is 42.6 Å². The molecule has 7 heteroatoms. The number of hydrogen-bond donors (Lipinski definition) is 1. The highest BCUT2D eigenvalue weighted by molar-refractivity contribution is 6.44. The van der Waals surface area contributed by atoms with E-state index >= 15 is 0 Å². The summed E-state index contributed by atoms with van der Waals surface area (Å²) in [5, 5.41) is 9.21. The third-order valence-corrected chi connectivity index (χ3v) is 6.87. The number of methoxy groups -OCH3 is 1. The lowest BCUT2D eigenvalue weighted by Gasteiger charge is -2.27. The summed E-state index contributed by atoms with van der Waals surface area (Å²) in [6, 6.07) is 9.16. The molecule has 158 valence electrons. The predicted octanol–water partition coefficient (Wildman–Crippen LogP) is 6.75. The van der Waals surface area contributed by atoms with E-state index in [4.69, 9.17) is 33.0 Å². The summed E-state index contributed by atoms with van der Waals surface area (Å²) < 4.78 is 7.58. The van der Waals surface area contributed by atoms with E-state index < -0.39 is 0 Å². The average Bonchev–Trinajstić information content (AvgIpc) is 3.18. The highest BCUT2D eigenvalue weighted by atomic mass is 35.5. The first-order valence-corrected chi connectivity index (χ1v) is 11.1. The number of fused-ring (bicyclic) bond motifs is 1. The number of rotatable bonds is 5. The highest BCUT2D eigenvalue weighted by Crippen LogP contribution is 2.36. The molecule has 1 N–H and O–H groups in total. The van der Waals surface area contributed by atoms with E-state index in [0.717, 1.165) is 29.7 Å². The predicted molar refractivity (Wildman–Crippen MR) is 122 cm³/mol. The minimum Gasteiger partial charge on any atom is -0.494 e. The molecule has 1 fully saturated rings. The monoisotopic (exact) mass is 445 g/mol. The van der Waals surface area contributed by atoms with Crippen LogP contribution in [0.4, 0.5) is 5.69 Å². The number of aromatic nitrogens is 2. The normalized spacial score (nSPS) is 19.1. The van der Waals surface area contributed by atoms with Crippen molar-refractivity contribution in [3.63, 3.8) is 0 Å². The van der Waals surface area contributed by atoms with Gasteiger partial charge in [-0.3, -0.25) is 9.48 Å². The third kappa shape index (κ3) is 4.14. The van der Waals surface area contributed by atoms with Gasteiger partial charge in [-0.05, 0) is 49.8 Å². The summed E-state index contributed by atoms with van der Waals surface area (Å²) in [6.45, 7) is 2.27. The molecule has 1 saturated carbocycles. The molecule has 1 aliphatic carbocycles. The van der Waals surface area contributed by atoms with Crippen molar-refractivity contribution in [1.29, 1.82) is 0 Å². The summed E-state index contributed by atoms with van der Waals surface area (Å²) in [6.07, 6.45) is 8.13. The van der Waals surface area contributed by atoms with Crippen LogP contribution in [0.5, 0.6) is 5.75 Å². The smallest absolute Gasteiger partial charge is 0.257 e. The van der Waals surface area contributed by atoms with Gasteiger partial charge in [0.1, 0.15) is 5.75 Å². The maximum Gasteiger partial charge on any atom is 0.257 e. The molecule has 5 nitrogen and oxygen atoms in total. The van der Waals surface area contributed by atoms with Crippen LogP contribution in [0.1, 0.15) is 55.4 Å². The molecule has 1 heterocycles. The Kier molecular flexibility index (Phi) is 6.21. The van der Waals surface area contributed by atoms with E-state index in [1.54, 1.807) is 25.3 Å². The van der Waals surface area contributed by atoms with Gasteiger partial charge < -0.3 is 10.1 Å². The topological polar surface area (TPSA) is 56.2 Å². The molecule has 2 aromatic carbocycles. The summed E-state index contributed by atoms with van der Waals surface area (Å²) in [7, 11) is 1.58. The summed E-state index contributed by atoms with van der Waals surface area (Å²) in [5.41, 5.74) is 1.73. The quantitative estimate of drug-likeness (QED) is 0.472. The molecule has 0 bridgehead atoms. The number of carbonyl (C=O) groups is 1. The number of ether oxygens (including phenoxy) is 1. The maximum atomic E-state index is 12.8. The van der Waals surface area contributed by atoms with Crippen molar-refractivity contribution in [2.45, 2.75) is 45.1 Å². The van der Waals surface area contributed by atoms with E-state index in [0.29, 0.717) is 28.1 Å². The Morgan fingerprint density at radius 1 is 1.23 bits per heavy atom. The number of hydrogen-bond acceptors (Lipinski definition) is 3. The second-order valence-electron chi connectivity index (χ2n) is 7.86. The molecule has 30 heavy (non-hydrogen) atoms. The Morgan fingerprint density at radius 2 is 2.00 bits per heavy atom. The molecular weight excluding hydrogens is 421 g/mol. The Balaban J connectivity index is 1.60. The Hall–Kier alpha value is -2.24. The van der Waals surface area contributed by atoms with E-state index in [-0.39, 0.29) is 10.9 Å². The van der Waals surface area contributed by atoms with Gasteiger partial charge in [-0.25, -0.2) is 0 Å². The van der Waals surface area contributed by atoms with E-state index in [9.17, 15) is 4.79 Å². The molecule has 0 radical (unpaired) electrons. The fourth-order valence-electron chi connectivity index (χ4n) is 4.21. The van der Waals surface area contributed by atoms with Gasteiger partial charge in [0.15, 0.2) is 0 Å². The molecule has 1 amide bonds. The van der Waals surface area contributed by atoms with Crippen molar-refractivity contribution in [3.05, 3.63) is 52.1 Å². The van der Waals surface area contributed by atoms with Gasteiger partial charge in [0.05, 0.1) is 40.0 Å². The largest absolute Gasteiger partial charge is 0.494 e. The van der Waals surface area contributed by atoms with Crippen molar-refractivity contribution in [1.82, 2.24) is 9.78 Å². The first-order chi connectivity index (χ1) is 14.5. The zero-order valence-corrected chi connectivity index (χ0v) is 18.6. The van der Waals surface area contributed by atoms with Crippen LogP contribution in [0.25, 0.3) is 10.9 Å². The average molecular weight is 446 g/mol. The van der Waals surface area contributed by atoms with Gasteiger partial charge >= 0.3 is 0 Å². The van der Waals surface area contributed by atoms with Crippen LogP contribution in [0, 0.1) is 5.92 Å². The lowest BCUT2D eigenvalue weighted by Crippen LogP contribution is -2.18. The van der Waals surface area contributed by atoms with E-state index in [2.05, 4.69) is 23.1 Å². The summed E-state index contributed by atoms with van der Waals surface area (Å²) in [5.74, 6) is 1.05. The second-order valence-corrected chi connectivity index (χ2v) is 8.64. The number of nitrogens with zero attached hydrogens (tertiary/aromatic N) is 2. The SMILES string of the molecule is CCC1CCC(n2cc3cc(NC(=O)c4cccc(Cl)c4Cl)c(OC)cc3n2)CC1. The number of halogens is 2. The van der Waals surface area contributed by atoms with Crippen LogP contribution in [-0.2, 0) is 0 Å². The van der Waals surface area contributed by atoms with Crippen LogP contribution in [-0.4, -0.2) is 22.8 Å². The Labute approximate surface area is 186 Å². The maximum absolute atomic E-state index is 12.8. The molecule has 1 aromatic heterocycles. The molecule has 1 aliphatic rings. The van der Waals surface area contributed by atoms with Crippen molar-refractivity contribution in [2.75, 3.05) is 12.4 Å². The van der Waals surface area contributed by atoms with Crippen molar-refractivity contribution in [3.8, 4) is 5.75 Å². The standard InChI is InChI=1S/C23H25Cl2N3O2/c1-3-14-7-9-16(10-8-14)28-13-15-11-20(21(30-2)12-19(15)27-28)26-23(29)17-5-4-6-18(24)22(17)25/h4-6,11-14,16H,3,7-10H2,1-2H3,(H,26,29). The first kappa shape index (κ1) is 21.0. The molecule has 0 saturated heterocycles. The number of anilines is 1. The molecule has 0 atom stereocenters. The zero-order valence-electron chi connectivity index (χ0n) is 17.1. The summed E-state index contributed by atoms with van der Waals surface area (Å²) in [4.78, 5) is 12.8. The zero-order chi connectivity index (χ0) is 21.3. The number of benzene rings is 2. The van der Waals surface area contributed by atoms with Gasteiger partial charge in [-0.15, -0.1) is 0 Å². The van der Waals surface area contributed by atoms with E-state index in [1.165, 1.54) is 19.3 Å². The lowest BCUT2D eigenvalue weighted by molar-refractivity contribution is 0.102. The third-order valence-electron chi connectivity index (χ3n) is 6.06. The van der Waals surface area contributed by atoms with Gasteiger partial charge in [0.2, 0.25) is 0 Å². The van der Waals surface area contributed by atoms with Crippen molar-refractivity contribution < 1.29 is 9.53 Å². The van der Waals surface area contributed by atoms with Gasteiger partial charge in [-0.2, -0.15) is 5.10 Å².